The van der Waals surface area contributed by atoms with E-state index in [9.17, 15) is 4.79 Å². The van der Waals surface area contributed by atoms with E-state index in [-0.39, 0.29) is 17.5 Å². The topological polar surface area (TPSA) is 41.1 Å². The molecule has 1 aliphatic rings. The van der Waals surface area contributed by atoms with Gasteiger partial charge in [0, 0.05) is 33.0 Å². The third kappa shape index (κ3) is 6.56. The average molecular weight is 538 g/mol. The van der Waals surface area contributed by atoms with Crippen LogP contribution in [0.5, 0.6) is 0 Å². The standard InChI is InChI=1S/C24H31Br2N3O/c1-24(2,3)22(28-23(30)27-21-14-19(25)13-20(26)15-21)17-29(11-7-8-12-29)16-18-9-5-4-6-10-18/h4-6,9-10,13-15,22H,7-8,11-12,16-17H2,1-3H3,(H-,27,28,30)/p+1/t22-/m1/s1. The van der Waals surface area contributed by atoms with E-state index in [1.807, 2.05) is 18.2 Å². The molecule has 1 aliphatic heterocycles. The summed E-state index contributed by atoms with van der Waals surface area (Å²) in [4.78, 5) is 12.9. The van der Waals surface area contributed by atoms with E-state index in [4.69, 9.17) is 0 Å². The van der Waals surface area contributed by atoms with Gasteiger partial charge in [-0.15, -0.1) is 0 Å². The molecule has 2 amide bonds. The van der Waals surface area contributed by atoms with Crippen LogP contribution in [0.1, 0.15) is 39.2 Å². The molecule has 0 saturated carbocycles. The molecule has 0 spiro atoms. The molecular weight excluding hydrogens is 506 g/mol. The van der Waals surface area contributed by atoms with Crippen molar-refractivity contribution in [2.75, 3.05) is 25.0 Å². The molecule has 0 aliphatic carbocycles. The Morgan fingerprint density at radius 3 is 2.20 bits per heavy atom. The van der Waals surface area contributed by atoms with Crippen LogP contribution >= 0.6 is 31.9 Å². The monoisotopic (exact) mass is 536 g/mol. The Balaban J connectivity index is 1.73. The zero-order valence-electron chi connectivity index (χ0n) is 18.1. The predicted octanol–water partition coefficient (Wildman–Crippen LogP) is 6.56. The fraction of sp³-hybridized carbons (Fsp3) is 0.458. The summed E-state index contributed by atoms with van der Waals surface area (Å²) in [5.41, 5.74) is 2.09. The highest BCUT2D eigenvalue weighted by molar-refractivity contribution is 9.11. The zero-order chi connectivity index (χ0) is 21.8. The summed E-state index contributed by atoms with van der Waals surface area (Å²) in [6.45, 7) is 10.9. The summed E-state index contributed by atoms with van der Waals surface area (Å²) in [6, 6.07) is 16.4. The van der Waals surface area contributed by atoms with Crippen molar-refractivity contribution < 1.29 is 9.28 Å². The van der Waals surface area contributed by atoms with Gasteiger partial charge in [0.15, 0.2) is 0 Å². The molecular formula is C24H32Br2N3O+. The summed E-state index contributed by atoms with van der Waals surface area (Å²) < 4.78 is 2.88. The maximum absolute atomic E-state index is 12.9. The van der Waals surface area contributed by atoms with E-state index >= 15 is 0 Å². The minimum absolute atomic E-state index is 0.0419. The molecule has 2 N–H and O–H groups in total. The van der Waals surface area contributed by atoms with Crippen LogP contribution in [0.25, 0.3) is 0 Å². The number of likely N-dealkylation sites (tertiary alicyclic amines) is 1. The normalized spacial score (nSPS) is 16.8. The first-order valence-electron chi connectivity index (χ1n) is 10.6. The Labute approximate surface area is 197 Å². The highest BCUT2D eigenvalue weighted by Crippen LogP contribution is 2.29. The molecule has 0 bridgehead atoms. The number of quaternary nitrogens is 1. The van der Waals surface area contributed by atoms with Gasteiger partial charge in [-0.1, -0.05) is 83.0 Å². The molecule has 2 aromatic carbocycles. The van der Waals surface area contributed by atoms with Crippen LogP contribution in [-0.2, 0) is 6.54 Å². The van der Waals surface area contributed by atoms with Crippen molar-refractivity contribution >= 4 is 43.6 Å². The molecule has 6 heteroatoms. The van der Waals surface area contributed by atoms with Crippen molar-refractivity contribution in [2.24, 2.45) is 5.41 Å². The second-order valence-electron chi connectivity index (χ2n) is 9.50. The first-order valence-corrected chi connectivity index (χ1v) is 12.2. The summed E-state index contributed by atoms with van der Waals surface area (Å²) >= 11 is 6.96. The number of rotatable bonds is 6. The average Bonchev–Trinajstić information content (AvgIpc) is 3.08. The third-order valence-corrected chi connectivity index (χ3v) is 6.83. The van der Waals surface area contributed by atoms with E-state index in [1.54, 1.807) is 0 Å². The lowest BCUT2D eigenvalue weighted by Gasteiger charge is -2.41. The molecule has 0 aromatic heterocycles. The smallest absolute Gasteiger partial charge is 0.319 e. The number of hydrogen-bond donors (Lipinski definition) is 2. The van der Waals surface area contributed by atoms with E-state index in [2.05, 4.69) is 93.6 Å². The van der Waals surface area contributed by atoms with Crippen molar-refractivity contribution in [3.05, 3.63) is 63.0 Å². The predicted molar refractivity (Wildman–Crippen MR) is 131 cm³/mol. The van der Waals surface area contributed by atoms with Crippen molar-refractivity contribution in [3.8, 4) is 0 Å². The number of nitrogens with zero attached hydrogens (tertiary/aromatic N) is 1. The van der Waals surface area contributed by atoms with Gasteiger partial charge in [-0.05, 0) is 23.6 Å². The van der Waals surface area contributed by atoms with Crippen molar-refractivity contribution in [1.82, 2.24) is 5.32 Å². The molecule has 1 saturated heterocycles. The molecule has 1 fully saturated rings. The van der Waals surface area contributed by atoms with Crippen LogP contribution in [0, 0.1) is 5.41 Å². The molecule has 2 aromatic rings. The van der Waals surface area contributed by atoms with Crippen LogP contribution < -0.4 is 10.6 Å². The molecule has 30 heavy (non-hydrogen) atoms. The Hall–Kier alpha value is -1.37. The van der Waals surface area contributed by atoms with Gasteiger partial charge in [0.2, 0.25) is 0 Å². The number of urea groups is 1. The second kappa shape index (κ2) is 9.84. The zero-order valence-corrected chi connectivity index (χ0v) is 21.2. The molecule has 162 valence electrons. The van der Waals surface area contributed by atoms with E-state index in [1.165, 1.54) is 31.5 Å². The second-order valence-corrected chi connectivity index (χ2v) is 11.3. The Morgan fingerprint density at radius 2 is 1.63 bits per heavy atom. The molecule has 4 nitrogen and oxygen atoms in total. The fourth-order valence-electron chi connectivity index (χ4n) is 4.26. The number of nitrogens with one attached hydrogen (secondary N) is 2. The Kier molecular flexibility index (Phi) is 7.64. The first-order chi connectivity index (χ1) is 14.2. The van der Waals surface area contributed by atoms with Gasteiger partial charge >= 0.3 is 6.03 Å². The van der Waals surface area contributed by atoms with Crippen LogP contribution in [0.15, 0.2) is 57.5 Å². The lowest BCUT2D eigenvalue weighted by Crippen LogP contribution is -2.58. The van der Waals surface area contributed by atoms with Gasteiger partial charge in [0.1, 0.15) is 13.1 Å². The summed E-state index contributed by atoms with van der Waals surface area (Å²) in [7, 11) is 0. The van der Waals surface area contributed by atoms with Crippen molar-refractivity contribution in [2.45, 2.75) is 46.2 Å². The van der Waals surface area contributed by atoms with Gasteiger partial charge in [-0.25, -0.2) is 4.79 Å². The SMILES string of the molecule is CC(C)(C)[C@@H](C[N+]1(Cc2ccccc2)CCCC1)NC(=O)Nc1cc(Br)cc(Br)c1. The lowest BCUT2D eigenvalue weighted by atomic mass is 9.85. The molecule has 0 unspecified atom stereocenters. The van der Waals surface area contributed by atoms with Gasteiger partial charge in [0.25, 0.3) is 0 Å². The van der Waals surface area contributed by atoms with E-state index in [0.717, 1.165) is 32.2 Å². The highest BCUT2D eigenvalue weighted by Gasteiger charge is 2.39. The molecule has 1 atom stereocenters. The minimum atomic E-state index is -0.156. The number of carbonyl (C=O) groups excluding carboxylic acids is 1. The van der Waals surface area contributed by atoms with Crippen LogP contribution in [-0.4, -0.2) is 36.2 Å². The van der Waals surface area contributed by atoms with Crippen LogP contribution in [0.4, 0.5) is 10.5 Å². The highest BCUT2D eigenvalue weighted by atomic mass is 79.9. The van der Waals surface area contributed by atoms with Gasteiger partial charge in [-0.3, -0.25) is 0 Å². The maximum atomic E-state index is 12.9. The molecule has 0 radical (unpaired) electrons. The lowest BCUT2D eigenvalue weighted by molar-refractivity contribution is -0.931. The number of halogens is 2. The van der Waals surface area contributed by atoms with Crippen molar-refractivity contribution in [1.29, 1.82) is 0 Å². The Bertz CT molecular complexity index is 838. The molecule has 3 rings (SSSR count). The van der Waals surface area contributed by atoms with Crippen LogP contribution in [0.3, 0.4) is 0 Å². The third-order valence-electron chi connectivity index (χ3n) is 5.92. The van der Waals surface area contributed by atoms with Gasteiger partial charge in [0.05, 0.1) is 19.1 Å². The Morgan fingerprint density at radius 1 is 1.03 bits per heavy atom. The minimum Gasteiger partial charge on any atom is -0.329 e. The molecule has 1 heterocycles. The van der Waals surface area contributed by atoms with Gasteiger partial charge in [-0.2, -0.15) is 0 Å². The van der Waals surface area contributed by atoms with Crippen molar-refractivity contribution in [3.63, 3.8) is 0 Å². The number of anilines is 1. The van der Waals surface area contributed by atoms with E-state index < -0.39 is 0 Å². The van der Waals surface area contributed by atoms with Gasteiger partial charge < -0.3 is 15.1 Å². The number of hydrogen-bond acceptors (Lipinski definition) is 1. The number of amides is 2. The fourth-order valence-corrected chi connectivity index (χ4v) is 5.55. The summed E-state index contributed by atoms with van der Waals surface area (Å²) in [5, 5.41) is 6.28. The summed E-state index contributed by atoms with van der Waals surface area (Å²) in [5.74, 6) is 0. The van der Waals surface area contributed by atoms with Crippen LogP contribution in [0.2, 0.25) is 0 Å². The number of benzene rings is 2. The van der Waals surface area contributed by atoms with E-state index in [0.29, 0.717) is 0 Å². The maximum Gasteiger partial charge on any atom is 0.319 e. The largest absolute Gasteiger partial charge is 0.329 e. The quantitative estimate of drug-likeness (QED) is 0.402. The number of carbonyl (C=O) groups is 1. The summed E-state index contributed by atoms with van der Waals surface area (Å²) in [6.07, 6.45) is 2.50. The first kappa shape index (κ1) is 23.3.